The Morgan fingerprint density at radius 2 is 1.76 bits per heavy atom. The number of alkyl halides is 3. The highest BCUT2D eigenvalue weighted by atomic mass is 35.5. The summed E-state index contributed by atoms with van der Waals surface area (Å²) in [6.45, 7) is 0. The highest BCUT2D eigenvalue weighted by Crippen LogP contribution is 2.37. The molecule has 21 heavy (non-hydrogen) atoms. The molecule has 1 aliphatic rings. The molecular formula is C14H9ClF3N3. The second-order valence-corrected chi connectivity index (χ2v) is 4.98. The topological polar surface area (TPSA) is 50.4 Å². The number of fused-ring (bicyclic) bond motifs is 2. The minimum atomic E-state index is -4.43. The number of nitrogens with one attached hydrogen (secondary N) is 1. The highest BCUT2D eigenvalue weighted by Gasteiger charge is 2.31. The van der Waals surface area contributed by atoms with E-state index in [0.29, 0.717) is 22.1 Å². The van der Waals surface area contributed by atoms with Gasteiger partial charge in [0.05, 0.1) is 16.9 Å². The van der Waals surface area contributed by atoms with Crippen LogP contribution in [-0.4, -0.2) is 5.84 Å². The first-order valence-electron chi connectivity index (χ1n) is 5.97. The van der Waals surface area contributed by atoms with Gasteiger partial charge < -0.3 is 11.1 Å². The lowest BCUT2D eigenvalue weighted by Gasteiger charge is -2.12. The van der Waals surface area contributed by atoms with E-state index >= 15 is 0 Å². The van der Waals surface area contributed by atoms with Crippen LogP contribution in [0.25, 0.3) is 0 Å². The second kappa shape index (κ2) is 4.66. The third-order valence-electron chi connectivity index (χ3n) is 3.09. The van der Waals surface area contributed by atoms with Gasteiger partial charge in [-0.1, -0.05) is 11.6 Å². The van der Waals surface area contributed by atoms with E-state index in [9.17, 15) is 13.2 Å². The number of hydrogen-bond acceptors (Lipinski definition) is 3. The number of anilines is 2. The Hall–Kier alpha value is -2.21. The summed E-state index contributed by atoms with van der Waals surface area (Å²) in [5.74, 6) is 0.00427. The normalized spacial score (nSPS) is 13.6. The molecule has 0 unspecified atom stereocenters. The summed E-state index contributed by atoms with van der Waals surface area (Å²) in [6.07, 6.45) is -4.43. The molecule has 0 atom stereocenters. The van der Waals surface area contributed by atoms with E-state index in [1.807, 2.05) is 0 Å². The Balaban J connectivity index is 2.17. The van der Waals surface area contributed by atoms with Crippen molar-refractivity contribution in [2.24, 2.45) is 10.7 Å². The second-order valence-electron chi connectivity index (χ2n) is 4.54. The van der Waals surface area contributed by atoms with Crippen molar-refractivity contribution in [3.8, 4) is 0 Å². The predicted molar refractivity (Wildman–Crippen MR) is 76.6 cm³/mol. The molecule has 3 nitrogen and oxygen atoms in total. The van der Waals surface area contributed by atoms with Crippen molar-refractivity contribution in [1.29, 1.82) is 0 Å². The monoisotopic (exact) mass is 311 g/mol. The van der Waals surface area contributed by atoms with E-state index in [4.69, 9.17) is 17.3 Å². The summed E-state index contributed by atoms with van der Waals surface area (Å²) in [5, 5.41) is 3.49. The van der Waals surface area contributed by atoms with Crippen molar-refractivity contribution in [2.45, 2.75) is 6.18 Å². The van der Waals surface area contributed by atoms with Crippen LogP contribution in [0.3, 0.4) is 0 Å². The first-order valence-corrected chi connectivity index (χ1v) is 6.35. The lowest BCUT2D eigenvalue weighted by molar-refractivity contribution is -0.137. The zero-order valence-corrected chi connectivity index (χ0v) is 11.3. The minimum Gasteiger partial charge on any atom is -0.383 e. The lowest BCUT2D eigenvalue weighted by atomic mass is 10.1. The molecular weight excluding hydrogens is 303 g/mol. The van der Waals surface area contributed by atoms with E-state index in [0.717, 1.165) is 12.1 Å². The standard InChI is InChI=1S/C14H9ClF3N3/c15-8-2-4-11-12(6-8)21-13(19)9-5-7(14(16,17)18)1-3-10(9)20-11/h1-6,20H,(H2,19,21). The lowest BCUT2D eigenvalue weighted by Crippen LogP contribution is -2.15. The molecule has 3 rings (SSSR count). The number of amidine groups is 1. The van der Waals surface area contributed by atoms with Gasteiger partial charge in [0.1, 0.15) is 5.84 Å². The fourth-order valence-electron chi connectivity index (χ4n) is 2.08. The van der Waals surface area contributed by atoms with Crippen LogP contribution >= 0.6 is 11.6 Å². The van der Waals surface area contributed by atoms with Gasteiger partial charge in [-0.05, 0) is 36.4 Å². The van der Waals surface area contributed by atoms with Gasteiger partial charge in [0.2, 0.25) is 0 Å². The summed E-state index contributed by atoms with van der Waals surface area (Å²) < 4.78 is 38.4. The van der Waals surface area contributed by atoms with Crippen LogP contribution in [0.4, 0.5) is 30.2 Å². The molecule has 1 heterocycles. The number of nitrogens with two attached hydrogens (primary N) is 1. The molecule has 0 amide bonds. The van der Waals surface area contributed by atoms with Crippen LogP contribution in [0.5, 0.6) is 0 Å². The van der Waals surface area contributed by atoms with Crippen molar-refractivity contribution in [2.75, 3.05) is 5.32 Å². The number of rotatable bonds is 0. The summed E-state index contributed by atoms with van der Waals surface area (Å²) in [6, 6.07) is 8.27. The van der Waals surface area contributed by atoms with Gasteiger partial charge in [-0.15, -0.1) is 0 Å². The Morgan fingerprint density at radius 3 is 2.48 bits per heavy atom. The minimum absolute atomic E-state index is 0.00427. The number of nitrogens with zero attached hydrogens (tertiary/aromatic N) is 1. The Morgan fingerprint density at radius 1 is 1.05 bits per heavy atom. The van der Waals surface area contributed by atoms with Gasteiger partial charge in [-0.2, -0.15) is 13.2 Å². The molecule has 0 aromatic heterocycles. The van der Waals surface area contributed by atoms with E-state index in [1.54, 1.807) is 18.2 Å². The highest BCUT2D eigenvalue weighted by molar-refractivity contribution is 6.31. The van der Waals surface area contributed by atoms with Crippen molar-refractivity contribution in [3.63, 3.8) is 0 Å². The molecule has 0 fully saturated rings. The third-order valence-corrected chi connectivity index (χ3v) is 3.33. The van der Waals surface area contributed by atoms with Gasteiger partial charge in [0.25, 0.3) is 0 Å². The van der Waals surface area contributed by atoms with E-state index in [2.05, 4.69) is 10.3 Å². The Kier molecular flexibility index (Phi) is 3.06. The number of aliphatic imine (C=N–C) groups is 1. The fraction of sp³-hybridized carbons (Fsp3) is 0.0714. The molecule has 0 radical (unpaired) electrons. The number of halogens is 4. The quantitative estimate of drug-likeness (QED) is 0.755. The molecule has 7 heteroatoms. The molecule has 1 aliphatic heterocycles. The maximum absolute atomic E-state index is 12.8. The van der Waals surface area contributed by atoms with E-state index in [-0.39, 0.29) is 11.4 Å². The van der Waals surface area contributed by atoms with Crippen molar-refractivity contribution in [3.05, 3.63) is 52.5 Å². The summed E-state index contributed by atoms with van der Waals surface area (Å²) in [4.78, 5) is 4.15. The van der Waals surface area contributed by atoms with Gasteiger partial charge in [0.15, 0.2) is 0 Å². The average molecular weight is 312 g/mol. The predicted octanol–water partition coefficient (Wildman–Crippen LogP) is 4.45. The molecule has 0 saturated heterocycles. The Labute approximate surface area is 123 Å². The number of benzene rings is 2. The largest absolute Gasteiger partial charge is 0.416 e. The molecule has 3 N–H and O–H groups in total. The van der Waals surface area contributed by atoms with Crippen LogP contribution in [0.2, 0.25) is 5.02 Å². The molecule has 2 aromatic rings. The van der Waals surface area contributed by atoms with Crippen LogP contribution in [0.15, 0.2) is 41.4 Å². The fourth-order valence-corrected chi connectivity index (χ4v) is 2.25. The SMILES string of the molecule is NC1=Nc2cc(Cl)ccc2Nc2ccc(C(F)(F)F)cc21. The van der Waals surface area contributed by atoms with Crippen LogP contribution < -0.4 is 11.1 Å². The molecule has 0 aliphatic carbocycles. The molecule has 0 bridgehead atoms. The van der Waals surface area contributed by atoms with Crippen LogP contribution in [-0.2, 0) is 6.18 Å². The van der Waals surface area contributed by atoms with Crippen molar-refractivity contribution >= 4 is 34.5 Å². The van der Waals surface area contributed by atoms with Crippen molar-refractivity contribution < 1.29 is 13.2 Å². The van der Waals surface area contributed by atoms with Crippen LogP contribution in [0.1, 0.15) is 11.1 Å². The average Bonchev–Trinajstić information content (AvgIpc) is 2.53. The third kappa shape index (κ3) is 2.54. The van der Waals surface area contributed by atoms with Crippen LogP contribution in [0, 0.1) is 0 Å². The molecule has 0 saturated carbocycles. The molecule has 0 spiro atoms. The maximum Gasteiger partial charge on any atom is 0.416 e. The summed E-state index contributed by atoms with van der Waals surface area (Å²) >= 11 is 5.89. The first-order chi connectivity index (χ1) is 9.84. The summed E-state index contributed by atoms with van der Waals surface area (Å²) in [5.41, 5.74) is 6.82. The Bertz CT molecular complexity index is 754. The molecule has 108 valence electrons. The van der Waals surface area contributed by atoms with E-state index in [1.165, 1.54) is 6.07 Å². The van der Waals surface area contributed by atoms with Gasteiger partial charge in [-0.25, -0.2) is 4.99 Å². The van der Waals surface area contributed by atoms with E-state index < -0.39 is 11.7 Å². The smallest absolute Gasteiger partial charge is 0.383 e. The van der Waals surface area contributed by atoms with Gasteiger partial charge in [0, 0.05) is 16.3 Å². The molecule has 2 aromatic carbocycles. The van der Waals surface area contributed by atoms with Gasteiger partial charge in [-0.3, -0.25) is 0 Å². The number of hydrogen-bond donors (Lipinski definition) is 2. The zero-order chi connectivity index (χ0) is 15.2. The van der Waals surface area contributed by atoms with Crippen molar-refractivity contribution in [1.82, 2.24) is 0 Å². The first kappa shape index (κ1) is 13.8. The zero-order valence-electron chi connectivity index (χ0n) is 10.5. The van der Waals surface area contributed by atoms with Gasteiger partial charge >= 0.3 is 6.18 Å². The maximum atomic E-state index is 12.8. The summed E-state index contributed by atoms with van der Waals surface area (Å²) in [7, 11) is 0.